The van der Waals surface area contributed by atoms with Gasteiger partial charge in [0.05, 0.1) is 11.0 Å². The normalized spacial score (nSPS) is 13.5. The molecule has 0 unspecified atom stereocenters. The Morgan fingerprint density at radius 1 is 0.516 bits per heavy atom. The largest absolute Gasteiger partial charge is 0.316 e. The van der Waals surface area contributed by atoms with Crippen LogP contribution in [-0.4, -0.2) is 4.40 Å². The Labute approximate surface area is 180 Å². The Kier molecular flexibility index (Phi) is 2.80. The number of fused-ring (bicyclic) bond motifs is 13. The SMILES string of the molecule is c1ccc2c(c1)Cc1cc3c(cc1-2)c1c2c(ccc1n1cccc31)Cc1ccccc1-2. The second-order valence-corrected chi connectivity index (χ2v) is 8.98. The molecular weight excluding hydrogens is 374 g/mol. The van der Waals surface area contributed by atoms with Gasteiger partial charge in [-0.05, 0) is 93.1 Å². The highest BCUT2D eigenvalue weighted by molar-refractivity contribution is 6.20. The summed E-state index contributed by atoms with van der Waals surface area (Å²) in [7, 11) is 0. The van der Waals surface area contributed by atoms with E-state index in [1.807, 2.05) is 0 Å². The molecular formula is C30H19N. The average Bonchev–Trinajstić information content (AvgIpc) is 3.52. The van der Waals surface area contributed by atoms with Crippen molar-refractivity contribution in [3.05, 3.63) is 113 Å². The molecule has 1 nitrogen and oxygen atoms in total. The summed E-state index contributed by atoms with van der Waals surface area (Å²) >= 11 is 0. The van der Waals surface area contributed by atoms with E-state index in [4.69, 9.17) is 0 Å². The summed E-state index contributed by atoms with van der Waals surface area (Å²) in [5, 5.41) is 4.14. The van der Waals surface area contributed by atoms with Crippen molar-refractivity contribution in [2.75, 3.05) is 0 Å². The third-order valence-electron chi connectivity index (χ3n) is 7.42. The molecule has 2 heterocycles. The fraction of sp³-hybridized carbons (Fsp3) is 0.0667. The summed E-state index contributed by atoms with van der Waals surface area (Å²) in [6, 6.07) is 31.9. The molecule has 0 aliphatic heterocycles. The smallest absolute Gasteiger partial charge is 0.0540 e. The van der Waals surface area contributed by atoms with Crippen LogP contribution < -0.4 is 0 Å². The van der Waals surface area contributed by atoms with Crippen molar-refractivity contribution in [3.63, 3.8) is 0 Å². The molecule has 6 aromatic rings. The van der Waals surface area contributed by atoms with Crippen LogP contribution in [0.25, 0.3) is 49.4 Å². The van der Waals surface area contributed by atoms with Crippen LogP contribution in [0.5, 0.6) is 0 Å². The summed E-state index contributed by atoms with van der Waals surface area (Å²) < 4.78 is 2.38. The minimum Gasteiger partial charge on any atom is -0.316 e. The number of pyridine rings is 1. The quantitative estimate of drug-likeness (QED) is 0.237. The van der Waals surface area contributed by atoms with E-state index < -0.39 is 0 Å². The van der Waals surface area contributed by atoms with Gasteiger partial charge in [0.15, 0.2) is 0 Å². The van der Waals surface area contributed by atoms with E-state index in [1.54, 1.807) is 0 Å². The maximum Gasteiger partial charge on any atom is 0.0540 e. The summed E-state index contributed by atoms with van der Waals surface area (Å²) in [5.41, 5.74) is 14.0. The Bertz CT molecular complexity index is 1730. The summed E-state index contributed by atoms with van der Waals surface area (Å²) in [6.07, 6.45) is 4.27. The first-order valence-corrected chi connectivity index (χ1v) is 11.0. The molecule has 4 aromatic carbocycles. The van der Waals surface area contributed by atoms with Crippen LogP contribution in [0.15, 0.2) is 91.1 Å². The molecule has 144 valence electrons. The molecule has 0 atom stereocenters. The van der Waals surface area contributed by atoms with Gasteiger partial charge in [0.2, 0.25) is 0 Å². The minimum atomic E-state index is 1.03. The van der Waals surface area contributed by atoms with E-state index in [9.17, 15) is 0 Å². The maximum absolute atomic E-state index is 2.48. The number of rotatable bonds is 0. The van der Waals surface area contributed by atoms with Crippen LogP contribution in [0.1, 0.15) is 22.3 Å². The van der Waals surface area contributed by atoms with Gasteiger partial charge >= 0.3 is 0 Å². The molecule has 1 heteroatoms. The summed E-state index contributed by atoms with van der Waals surface area (Å²) in [6.45, 7) is 0. The van der Waals surface area contributed by atoms with Gasteiger partial charge in [-0.3, -0.25) is 0 Å². The van der Waals surface area contributed by atoms with Gasteiger partial charge in [0.25, 0.3) is 0 Å². The van der Waals surface area contributed by atoms with E-state index in [2.05, 4.69) is 95.5 Å². The second kappa shape index (κ2) is 5.44. The van der Waals surface area contributed by atoms with Gasteiger partial charge in [-0.15, -0.1) is 0 Å². The average molecular weight is 393 g/mol. The molecule has 31 heavy (non-hydrogen) atoms. The van der Waals surface area contributed by atoms with E-state index in [1.165, 1.54) is 71.7 Å². The van der Waals surface area contributed by atoms with Crippen LogP contribution in [0.4, 0.5) is 0 Å². The third-order valence-corrected chi connectivity index (χ3v) is 7.42. The van der Waals surface area contributed by atoms with Crippen LogP contribution in [0.3, 0.4) is 0 Å². The first-order chi connectivity index (χ1) is 15.4. The lowest BCUT2D eigenvalue weighted by Gasteiger charge is -2.15. The molecule has 0 radical (unpaired) electrons. The molecule has 8 rings (SSSR count). The topological polar surface area (TPSA) is 4.41 Å². The molecule has 2 aliphatic rings. The Morgan fingerprint density at radius 2 is 1.29 bits per heavy atom. The molecule has 2 aromatic heterocycles. The lowest BCUT2D eigenvalue weighted by atomic mass is 9.93. The van der Waals surface area contributed by atoms with Gasteiger partial charge in [-0.1, -0.05) is 54.6 Å². The van der Waals surface area contributed by atoms with Crippen molar-refractivity contribution in [1.29, 1.82) is 0 Å². The molecule has 0 amide bonds. The Hall–Kier alpha value is -3.84. The fourth-order valence-electron chi connectivity index (χ4n) is 6.10. The van der Waals surface area contributed by atoms with Crippen molar-refractivity contribution >= 4 is 27.2 Å². The molecule has 0 N–H and O–H groups in total. The lowest BCUT2D eigenvalue weighted by Crippen LogP contribution is -1.94. The van der Waals surface area contributed by atoms with Crippen molar-refractivity contribution in [2.45, 2.75) is 12.8 Å². The highest BCUT2D eigenvalue weighted by Crippen LogP contribution is 2.47. The van der Waals surface area contributed by atoms with Gasteiger partial charge in [-0.2, -0.15) is 0 Å². The molecule has 0 fully saturated rings. The number of aromatic nitrogens is 1. The minimum absolute atomic E-state index is 1.03. The van der Waals surface area contributed by atoms with Crippen molar-refractivity contribution in [1.82, 2.24) is 4.40 Å². The van der Waals surface area contributed by atoms with Gasteiger partial charge in [-0.25, -0.2) is 0 Å². The summed E-state index contributed by atoms with van der Waals surface area (Å²) in [5.74, 6) is 0. The molecule has 2 aliphatic carbocycles. The maximum atomic E-state index is 2.48. The van der Waals surface area contributed by atoms with E-state index >= 15 is 0 Å². The molecule has 0 saturated heterocycles. The Balaban J connectivity index is 1.62. The van der Waals surface area contributed by atoms with E-state index in [0.29, 0.717) is 0 Å². The first-order valence-electron chi connectivity index (χ1n) is 11.0. The summed E-state index contributed by atoms with van der Waals surface area (Å²) in [4.78, 5) is 0. The number of nitrogens with zero attached hydrogens (tertiary/aromatic N) is 1. The van der Waals surface area contributed by atoms with Crippen molar-refractivity contribution < 1.29 is 0 Å². The standard InChI is InChI=1S/C30H19N/c1-3-8-22-18(6-1)15-21-16-25-26(17-24(21)22)30-28(31-13-5-10-27(25)31)12-11-20-14-19-7-2-4-9-23(19)29(20)30/h1-13,16-17H,14-15H2. The molecule has 0 bridgehead atoms. The predicted octanol–water partition coefficient (Wildman–Crippen LogP) is 7.39. The van der Waals surface area contributed by atoms with Crippen LogP contribution >= 0.6 is 0 Å². The zero-order valence-electron chi connectivity index (χ0n) is 17.0. The fourth-order valence-corrected chi connectivity index (χ4v) is 6.10. The van der Waals surface area contributed by atoms with Gasteiger partial charge < -0.3 is 4.40 Å². The first kappa shape index (κ1) is 15.9. The zero-order valence-corrected chi connectivity index (χ0v) is 17.0. The van der Waals surface area contributed by atoms with Crippen LogP contribution in [0.2, 0.25) is 0 Å². The molecule has 0 spiro atoms. The monoisotopic (exact) mass is 393 g/mol. The zero-order chi connectivity index (χ0) is 20.1. The van der Waals surface area contributed by atoms with Gasteiger partial charge in [0, 0.05) is 17.0 Å². The number of hydrogen-bond donors (Lipinski definition) is 0. The van der Waals surface area contributed by atoms with Crippen molar-refractivity contribution in [3.8, 4) is 22.3 Å². The van der Waals surface area contributed by atoms with Crippen LogP contribution in [0, 0.1) is 0 Å². The van der Waals surface area contributed by atoms with Crippen LogP contribution in [-0.2, 0) is 12.8 Å². The highest BCUT2D eigenvalue weighted by Gasteiger charge is 2.25. The van der Waals surface area contributed by atoms with E-state index in [0.717, 1.165) is 12.8 Å². The van der Waals surface area contributed by atoms with Gasteiger partial charge in [0.1, 0.15) is 0 Å². The third kappa shape index (κ3) is 1.92. The molecule has 0 saturated carbocycles. The lowest BCUT2D eigenvalue weighted by molar-refractivity contribution is 1.25. The predicted molar refractivity (Wildman–Crippen MR) is 129 cm³/mol. The Morgan fingerprint density at radius 3 is 2.19 bits per heavy atom. The number of hydrogen-bond acceptors (Lipinski definition) is 0. The van der Waals surface area contributed by atoms with E-state index in [-0.39, 0.29) is 0 Å². The highest BCUT2D eigenvalue weighted by atomic mass is 14.9. The second-order valence-electron chi connectivity index (χ2n) is 8.98. The number of benzene rings is 4. The van der Waals surface area contributed by atoms with Crippen molar-refractivity contribution in [2.24, 2.45) is 0 Å².